The van der Waals surface area contributed by atoms with E-state index in [4.69, 9.17) is 16.3 Å². The van der Waals surface area contributed by atoms with E-state index in [0.717, 1.165) is 36.3 Å². The molecule has 1 aliphatic carbocycles. The van der Waals surface area contributed by atoms with Crippen LogP contribution in [0.4, 0.5) is 10.5 Å². The van der Waals surface area contributed by atoms with Gasteiger partial charge in [-0.15, -0.1) is 0 Å². The van der Waals surface area contributed by atoms with Crippen molar-refractivity contribution < 1.29 is 23.9 Å². The number of hydrogen-bond donors (Lipinski definition) is 3. The Kier molecular flexibility index (Phi) is 8.06. The molecule has 0 saturated carbocycles. The Morgan fingerprint density at radius 3 is 2.85 bits per heavy atom. The second-order valence-electron chi connectivity index (χ2n) is 10.7. The number of imide groups is 1. The number of benzene rings is 1. The molecule has 4 unspecified atom stereocenters. The lowest BCUT2D eigenvalue weighted by atomic mass is 9.88. The zero-order chi connectivity index (χ0) is 27.7. The predicted octanol–water partition coefficient (Wildman–Crippen LogP) is 2.02. The molecule has 1 aromatic carbocycles. The largest absolute Gasteiger partial charge is 0.378 e. The van der Waals surface area contributed by atoms with Gasteiger partial charge in [0.2, 0.25) is 17.7 Å². The van der Waals surface area contributed by atoms with Gasteiger partial charge in [0, 0.05) is 48.7 Å². The number of hydrogen-bond acceptors (Lipinski definition) is 6. The number of carbonyl (C=O) groups excluding carboxylic acids is 4. The Morgan fingerprint density at radius 2 is 2.08 bits per heavy atom. The summed E-state index contributed by atoms with van der Waals surface area (Å²) in [5, 5.41) is 8.65. The summed E-state index contributed by atoms with van der Waals surface area (Å²) in [5.41, 5.74) is 3.47. The number of nitrogens with zero attached hydrogens (tertiary/aromatic N) is 2. The van der Waals surface area contributed by atoms with Crippen LogP contribution in [0, 0.1) is 18.8 Å². The molecule has 5 rings (SSSR count). The van der Waals surface area contributed by atoms with E-state index in [0.29, 0.717) is 30.3 Å². The third kappa shape index (κ3) is 6.03. The highest BCUT2D eigenvalue weighted by Crippen LogP contribution is 2.34. The fourth-order valence-corrected chi connectivity index (χ4v) is 5.92. The maximum Gasteiger partial charge on any atom is 0.319 e. The zero-order valence-corrected chi connectivity index (χ0v) is 22.9. The lowest BCUT2D eigenvalue weighted by molar-refractivity contribution is -0.144. The molecule has 3 aliphatic heterocycles. The number of fused-ring (bicyclic) bond motifs is 1. The van der Waals surface area contributed by atoms with Crippen LogP contribution in [0.15, 0.2) is 35.9 Å². The van der Waals surface area contributed by atoms with Crippen molar-refractivity contribution >= 4 is 41.0 Å². The highest BCUT2D eigenvalue weighted by Gasteiger charge is 2.45. The Hall–Kier alpha value is -3.21. The Bertz CT molecular complexity index is 1250. The van der Waals surface area contributed by atoms with Gasteiger partial charge in [0.25, 0.3) is 0 Å². The second kappa shape index (κ2) is 11.5. The molecule has 4 aliphatic rings. The quantitative estimate of drug-likeness (QED) is 0.462. The summed E-state index contributed by atoms with van der Waals surface area (Å²) in [6.07, 6.45) is 7.07. The molecule has 0 bridgehead atoms. The number of morpholine rings is 1. The van der Waals surface area contributed by atoms with Crippen LogP contribution in [-0.4, -0.2) is 85.5 Å². The van der Waals surface area contributed by atoms with Crippen molar-refractivity contribution in [2.24, 2.45) is 11.8 Å². The van der Waals surface area contributed by atoms with Gasteiger partial charge in [-0.2, -0.15) is 0 Å². The van der Waals surface area contributed by atoms with Gasteiger partial charge < -0.3 is 20.3 Å². The van der Waals surface area contributed by atoms with Crippen LogP contribution in [0.2, 0.25) is 5.02 Å². The summed E-state index contributed by atoms with van der Waals surface area (Å²) in [5.74, 6) is -1.27. The number of rotatable bonds is 6. The van der Waals surface area contributed by atoms with E-state index < -0.39 is 11.9 Å². The highest BCUT2D eigenvalue weighted by atomic mass is 35.5. The number of anilines is 1. The molecule has 3 fully saturated rings. The number of piperidine rings is 1. The van der Waals surface area contributed by atoms with Crippen LogP contribution >= 0.6 is 11.6 Å². The molecule has 5 amide bonds. The summed E-state index contributed by atoms with van der Waals surface area (Å²) in [4.78, 5) is 53.5. The smallest absolute Gasteiger partial charge is 0.319 e. The molecule has 0 aromatic heterocycles. The van der Waals surface area contributed by atoms with Crippen molar-refractivity contribution in [3.8, 4) is 0 Å². The van der Waals surface area contributed by atoms with E-state index in [1.807, 2.05) is 31.2 Å². The number of amides is 5. The molecule has 3 saturated heterocycles. The van der Waals surface area contributed by atoms with Crippen molar-refractivity contribution in [2.45, 2.75) is 38.3 Å². The number of urea groups is 1. The molecule has 3 heterocycles. The third-order valence-electron chi connectivity index (χ3n) is 8.11. The summed E-state index contributed by atoms with van der Waals surface area (Å²) >= 11 is 6.49. The number of nitrogens with one attached hydrogen (secondary N) is 3. The van der Waals surface area contributed by atoms with Crippen LogP contribution in [0.5, 0.6) is 0 Å². The predicted molar refractivity (Wildman–Crippen MR) is 146 cm³/mol. The van der Waals surface area contributed by atoms with Gasteiger partial charge in [-0.3, -0.25) is 24.6 Å². The van der Waals surface area contributed by atoms with Crippen molar-refractivity contribution in [2.75, 3.05) is 45.2 Å². The molecular weight excluding hydrogens is 522 g/mol. The summed E-state index contributed by atoms with van der Waals surface area (Å²) in [6.45, 7) is 4.92. The van der Waals surface area contributed by atoms with E-state index in [-0.39, 0.29) is 48.7 Å². The minimum absolute atomic E-state index is 0.0396. The van der Waals surface area contributed by atoms with Gasteiger partial charge in [0.1, 0.15) is 6.04 Å². The van der Waals surface area contributed by atoms with Crippen molar-refractivity contribution in [3.05, 3.63) is 52.1 Å². The molecule has 1 aromatic rings. The minimum atomic E-state index is -0.618. The lowest BCUT2D eigenvalue weighted by Crippen LogP contribution is -2.53. The van der Waals surface area contributed by atoms with Crippen LogP contribution in [0.25, 0.3) is 0 Å². The van der Waals surface area contributed by atoms with Crippen molar-refractivity contribution in [3.63, 3.8) is 0 Å². The molecule has 39 heavy (non-hydrogen) atoms. The number of likely N-dealkylation sites (tertiary alicyclic amines) is 1. The first-order valence-electron chi connectivity index (χ1n) is 13.3. The number of likely N-dealkylation sites (N-methyl/N-ethyl adjacent to an activating group) is 1. The van der Waals surface area contributed by atoms with E-state index in [9.17, 15) is 19.2 Å². The molecule has 11 heteroatoms. The van der Waals surface area contributed by atoms with Crippen LogP contribution in [-0.2, 0) is 25.5 Å². The molecule has 4 atom stereocenters. The van der Waals surface area contributed by atoms with Gasteiger partial charge in [-0.1, -0.05) is 29.8 Å². The zero-order valence-electron chi connectivity index (χ0n) is 22.2. The molecule has 10 nitrogen and oxygen atoms in total. The average Bonchev–Trinajstić information content (AvgIpc) is 3.22. The fraction of sp³-hybridized carbons (Fsp3) is 0.500. The normalized spacial score (nSPS) is 27.2. The SMILES string of the molecule is Cc1c(Cl)cc(NC(=O)NCC2=CC3C(=O)N(C4CCC(=O)NC4=O)CC3C=C2)cc1CC1COCCN1C. The van der Waals surface area contributed by atoms with Crippen LogP contribution in [0.3, 0.4) is 0 Å². The molecule has 0 radical (unpaired) electrons. The number of carbonyl (C=O) groups is 4. The Morgan fingerprint density at radius 1 is 1.26 bits per heavy atom. The van der Waals surface area contributed by atoms with Gasteiger partial charge in [-0.05, 0) is 55.6 Å². The summed E-state index contributed by atoms with van der Waals surface area (Å²) in [7, 11) is 2.09. The minimum Gasteiger partial charge on any atom is -0.378 e. The first-order chi connectivity index (χ1) is 18.7. The van der Waals surface area contributed by atoms with Crippen molar-refractivity contribution in [1.29, 1.82) is 0 Å². The number of halogens is 1. The van der Waals surface area contributed by atoms with Crippen LogP contribution < -0.4 is 16.0 Å². The third-order valence-corrected chi connectivity index (χ3v) is 8.51. The monoisotopic (exact) mass is 555 g/mol. The molecule has 3 N–H and O–H groups in total. The van der Waals surface area contributed by atoms with Gasteiger partial charge in [0.15, 0.2) is 0 Å². The van der Waals surface area contributed by atoms with E-state index in [1.165, 1.54) is 0 Å². The molecule has 208 valence electrons. The van der Waals surface area contributed by atoms with Gasteiger partial charge in [0.05, 0.1) is 19.1 Å². The van der Waals surface area contributed by atoms with Gasteiger partial charge in [-0.25, -0.2) is 4.79 Å². The standard InChI is InChI=1S/C28H34ClN5O5/c1-16-19(11-21-15-39-8-7-33(21)2)10-20(12-23(16)29)31-28(38)30-13-17-3-4-18-14-34(27(37)22(18)9-17)24-5-6-25(35)32-26(24)36/h3-4,9-10,12,18,21-22,24H,5-8,11,13-15H2,1-2H3,(H2,30,31,38)(H,32,35,36). The van der Waals surface area contributed by atoms with E-state index >= 15 is 0 Å². The first-order valence-corrected chi connectivity index (χ1v) is 13.7. The molecule has 0 spiro atoms. The first kappa shape index (κ1) is 27.4. The maximum absolute atomic E-state index is 13.1. The van der Waals surface area contributed by atoms with E-state index in [2.05, 4.69) is 27.9 Å². The Labute approximate surface area is 232 Å². The maximum atomic E-state index is 13.1. The molecular formula is C28H34ClN5O5. The van der Waals surface area contributed by atoms with Gasteiger partial charge >= 0.3 is 6.03 Å². The van der Waals surface area contributed by atoms with Crippen LogP contribution in [0.1, 0.15) is 24.0 Å². The summed E-state index contributed by atoms with van der Waals surface area (Å²) < 4.78 is 5.64. The average molecular weight is 556 g/mol. The fourth-order valence-electron chi connectivity index (χ4n) is 5.68. The summed E-state index contributed by atoms with van der Waals surface area (Å²) in [6, 6.07) is 2.95. The van der Waals surface area contributed by atoms with E-state index in [1.54, 1.807) is 11.0 Å². The topological polar surface area (TPSA) is 120 Å². The highest BCUT2D eigenvalue weighted by molar-refractivity contribution is 6.31. The number of ether oxygens (including phenoxy) is 1. The lowest BCUT2D eigenvalue weighted by Gasteiger charge is -2.33. The second-order valence-corrected chi connectivity index (χ2v) is 11.1. The Balaban J connectivity index is 1.18. The van der Waals surface area contributed by atoms with Crippen molar-refractivity contribution in [1.82, 2.24) is 20.4 Å².